The van der Waals surface area contributed by atoms with Crippen molar-refractivity contribution in [3.8, 4) is 0 Å². The molecule has 0 bridgehead atoms. The van der Waals surface area contributed by atoms with Gasteiger partial charge in [0.25, 0.3) is 5.91 Å². The first-order chi connectivity index (χ1) is 12.1. The normalized spacial score (nSPS) is 25.4. The molecular weight excluding hydrogens is 320 g/mol. The minimum Gasteiger partial charge on any atom is -0.372 e. The third-order valence-electron chi connectivity index (χ3n) is 5.26. The number of carbonyl (C=O) groups is 2. The number of nitrogens with zero attached hydrogens (tertiary/aromatic N) is 3. The molecule has 4 heterocycles. The molecule has 0 aromatic carbocycles. The van der Waals surface area contributed by atoms with Crippen LogP contribution in [-0.2, 0) is 9.53 Å². The topological polar surface area (TPSA) is 75.9 Å². The molecule has 4 rings (SSSR count). The van der Waals surface area contributed by atoms with Gasteiger partial charge in [-0.2, -0.15) is 0 Å². The number of fused-ring (bicyclic) bond motifs is 2. The van der Waals surface area contributed by atoms with Crippen molar-refractivity contribution in [3.05, 3.63) is 35.8 Å². The minimum absolute atomic E-state index is 0.00164. The number of aromatic nitrogens is 2. The number of aryl methyl sites for hydroxylation is 1. The van der Waals surface area contributed by atoms with Gasteiger partial charge in [-0.05, 0) is 25.5 Å². The number of imidazole rings is 1. The lowest BCUT2D eigenvalue weighted by Gasteiger charge is -2.18. The SMILES string of the molecule is CNC(=O)C[C@H]1C[C@H]2CN(C(=O)c3nc4ccccn4c3C)C[C@H]2O1. The van der Waals surface area contributed by atoms with E-state index < -0.39 is 0 Å². The summed E-state index contributed by atoms with van der Waals surface area (Å²) >= 11 is 0. The summed E-state index contributed by atoms with van der Waals surface area (Å²) in [5.41, 5.74) is 2.15. The Hall–Kier alpha value is -2.41. The predicted molar refractivity (Wildman–Crippen MR) is 91.3 cm³/mol. The van der Waals surface area contributed by atoms with Gasteiger partial charge in [-0.25, -0.2) is 4.98 Å². The smallest absolute Gasteiger partial charge is 0.274 e. The molecule has 7 heteroatoms. The van der Waals surface area contributed by atoms with E-state index in [0.29, 0.717) is 31.1 Å². The first-order valence-corrected chi connectivity index (χ1v) is 8.66. The number of pyridine rings is 1. The lowest BCUT2D eigenvalue weighted by molar-refractivity contribution is -0.123. The molecule has 2 aromatic heterocycles. The van der Waals surface area contributed by atoms with E-state index in [0.717, 1.165) is 17.8 Å². The van der Waals surface area contributed by atoms with Crippen LogP contribution in [0.1, 0.15) is 29.0 Å². The number of carbonyl (C=O) groups excluding carboxylic acids is 2. The van der Waals surface area contributed by atoms with Gasteiger partial charge < -0.3 is 19.4 Å². The molecule has 2 aliphatic heterocycles. The quantitative estimate of drug-likeness (QED) is 0.903. The van der Waals surface area contributed by atoms with Crippen molar-refractivity contribution in [2.75, 3.05) is 20.1 Å². The number of hydrogen-bond donors (Lipinski definition) is 1. The van der Waals surface area contributed by atoms with Gasteiger partial charge in [0.15, 0.2) is 0 Å². The second-order valence-electron chi connectivity index (χ2n) is 6.85. The summed E-state index contributed by atoms with van der Waals surface area (Å²) in [5.74, 6) is 0.260. The van der Waals surface area contributed by atoms with Crippen molar-refractivity contribution >= 4 is 17.5 Å². The summed E-state index contributed by atoms with van der Waals surface area (Å²) in [6.07, 6.45) is 3.12. The molecule has 2 amide bonds. The molecule has 2 aliphatic rings. The fourth-order valence-corrected chi connectivity index (χ4v) is 3.94. The Kier molecular flexibility index (Phi) is 3.95. The van der Waals surface area contributed by atoms with Gasteiger partial charge in [0.05, 0.1) is 24.3 Å². The van der Waals surface area contributed by atoms with Crippen LogP contribution in [0.3, 0.4) is 0 Å². The molecule has 2 fully saturated rings. The van der Waals surface area contributed by atoms with E-state index in [1.54, 1.807) is 7.05 Å². The van der Waals surface area contributed by atoms with Gasteiger partial charge >= 0.3 is 0 Å². The van der Waals surface area contributed by atoms with Crippen LogP contribution in [0.2, 0.25) is 0 Å². The Bertz CT molecular complexity index is 817. The highest BCUT2D eigenvalue weighted by molar-refractivity contribution is 5.94. The number of hydrogen-bond acceptors (Lipinski definition) is 4. The molecule has 0 aliphatic carbocycles. The van der Waals surface area contributed by atoms with Crippen LogP contribution in [0.15, 0.2) is 24.4 Å². The molecule has 2 aromatic rings. The van der Waals surface area contributed by atoms with E-state index in [1.807, 2.05) is 40.6 Å². The fourth-order valence-electron chi connectivity index (χ4n) is 3.94. The third kappa shape index (κ3) is 2.78. The van der Waals surface area contributed by atoms with Crippen molar-refractivity contribution in [1.82, 2.24) is 19.6 Å². The van der Waals surface area contributed by atoms with Crippen molar-refractivity contribution in [2.45, 2.75) is 32.0 Å². The maximum Gasteiger partial charge on any atom is 0.274 e. The summed E-state index contributed by atoms with van der Waals surface area (Å²) in [6.45, 7) is 3.15. The summed E-state index contributed by atoms with van der Waals surface area (Å²) in [7, 11) is 1.63. The first-order valence-electron chi connectivity index (χ1n) is 8.66. The lowest BCUT2D eigenvalue weighted by atomic mass is 10.0. The van der Waals surface area contributed by atoms with Gasteiger partial charge in [-0.15, -0.1) is 0 Å². The number of nitrogens with one attached hydrogen (secondary N) is 1. The Morgan fingerprint density at radius 2 is 2.20 bits per heavy atom. The maximum atomic E-state index is 12.9. The molecule has 132 valence electrons. The second-order valence-corrected chi connectivity index (χ2v) is 6.85. The molecule has 2 saturated heterocycles. The van der Waals surface area contributed by atoms with Gasteiger partial charge in [0, 0.05) is 32.3 Å². The summed E-state index contributed by atoms with van der Waals surface area (Å²) in [5, 5.41) is 2.63. The van der Waals surface area contributed by atoms with E-state index in [4.69, 9.17) is 4.74 Å². The average Bonchev–Trinajstić information content (AvgIpc) is 3.26. The minimum atomic E-state index is -0.0398. The van der Waals surface area contributed by atoms with Gasteiger partial charge in [-0.1, -0.05) is 6.07 Å². The molecule has 0 spiro atoms. The molecule has 0 saturated carbocycles. The molecule has 0 radical (unpaired) electrons. The van der Waals surface area contributed by atoms with Crippen LogP contribution in [0, 0.1) is 12.8 Å². The van der Waals surface area contributed by atoms with Crippen LogP contribution in [0.5, 0.6) is 0 Å². The van der Waals surface area contributed by atoms with Gasteiger partial charge in [0.1, 0.15) is 11.3 Å². The summed E-state index contributed by atoms with van der Waals surface area (Å²) < 4.78 is 7.91. The highest BCUT2D eigenvalue weighted by Crippen LogP contribution is 2.35. The van der Waals surface area contributed by atoms with E-state index in [2.05, 4.69) is 10.3 Å². The van der Waals surface area contributed by atoms with Crippen LogP contribution < -0.4 is 5.32 Å². The third-order valence-corrected chi connectivity index (χ3v) is 5.26. The molecule has 1 N–H and O–H groups in total. The monoisotopic (exact) mass is 342 g/mol. The van der Waals surface area contributed by atoms with Crippen LogP contribution in [0.4, 0.5) is 0 Å². The number of ether oxygens (including phenoxy) is 1. The Labute approximate surface area is 146 Å². The molecule has 25 heavy (non-hydrogen) atoms. The van der Waals surface area contributed by atoms with Crippen molar-refractivity contribution in [2.24, 2.45) is 5.92 Å². The average molecular weight is 342 g/mol. The molecule has 7 nitrogen and oxygen atoms in total. The van der Waals surface area contributed by atoms with Crippen LogP contribution in [-0.4, -0.2) is 58.4 Å². The number of rotatable bonds is 3. The van der Waals surface area contributed by atoms with Crippen LogP contribution >= 0.6 is 0 Å². The van der Waals surface area contributed by atoms with E-state index in [1.165, 1.54) is 0 Å². The fraction of sp³-hybridized carbons (Fsp3) is 0.500. The summed E-state index contributed by atoms with van der Waals surface area (Å²) in [4.78, 5) is 30.7. The standard InChI is InChI=1S/C18H22N4O3/c1-11-17(20-15-5-3-4-6-22(11)15)18(24)21-9-12-7-13(8-16(23)19-2)25-14(12)10-21/h3-6,12-14H,7-10H2,1-2H3,(H,19,23)/t12-,13+,14+/m0/s1. The Morgan fingerprint density at radius 3 is 2.92 bits per heavy atom. The van der Waals surface area contributed by atoms with Gasteiger partial charge in [0.2, 0.25) is 5.91 Å². The predicted octanol–water partition coefficient (Wildman–Crippen LogP) is 1.01. The number of likely N-dealkylation sites (tertiary alicyclic amines) is 1. The van der Waals surface area contributed by atoms with Crippen molar-refractivity contribution in [1.29, 1.82) is 0 Å². The Morgan fingerprint density at radius 1 is 1.36 bits per heavy atom. The lowest BCUT2D eigenvalue weighted by Crippen LogP contribution is -2.33. The Balaban J connectivity index is 1.45. The highest BCUT2D eigenvalue weighted by atomic mass is 16.5. The first kappa shape index (κ1) is 16.1. The van der Waals surface area contributed by atoms with E-state index in [9.17, 15) is 9.59 Å². The van der Waals surface area contributed by atoms with Gasteiger partial charge in [-0.3, -0.25) is 9.59 Å². The molecule has 3 atom stereocenters. The molecular formula is C18H22N4O3. The van der Waals surface area contributed by atoms with E-state index in [-0.39, 0.29) is 24.0 Å². The zero-order valence-corrected chi connectivity index (χ0v) is 14.4. The zero-order valence-electron chi connectivity index (χ0n) is 14.4. The van der Waals surface area contributed by atoms with E-state index >= 15 is 0 Å². The maximum absolute atomic E-state index is 12.9. The second kappa shape index (κ2) is 6.15. The zero-order chi connectivity index (χ0) is 17.6. The van der Waals surface area contributed by atoms with Crippen LogP contribution in [0.25, 0.3) is 5.65 Å². The highest BCUT2D eigenvalue weighted by Gasteiger charge is 2.44. The summed E-state index contributed by atoms with van der Waals surface area (Å²) in [6, 6.07) is 5.74. The largest absolute Gasteiger partial charge is 0.372 e. The van der Waals surface area contributed by atoms with Crippen molar-refractivity contribution < 1.29 is 14.3 Å². The molecule has 0 unspecified atom stereocenters. The number of amides is 2. The van der Waals surface area contributed by atoms with Crippen molar-refractivity contribution in [3.63, 3.8) is 0 Å².